The molecule has 0 saturated carbocycles. The number of aryl methyl sites for hydroxylation is 2. The molecule has 1 aliphatic heterocycles. The highest BCUT2D eigenvalue weighted by Gasteiger charge is 2.22. The van der Waals surface area contributed by atoms with Crippen molar-refractivity contribution >= 4 is 11.7 Å². The second-order valence-electron chi connectivity index (χ2n) is 6.93. The lowest BCUT2D eigenvalue weighted by atomic mass is 10.1. The zero-order valence-corrected chi connectivity index (χ0v) is 15.9. The third-order valence-electron chi connectivity index (χ3n) is 4.94. The molecule has 0 bridgehead atoms. The summed E-state index contributed by atoms with van der Waals surface area (Å²) < 4.78 is 5.31. The largest absolute Gasteiger partial charge is 0.353 e. The predicted octanol–water partition coefficient (Wildman–Crippen LogP) is 2.72. The first-order chi connectivity index (χ1) is 13.7. The third kappa shape index (κ3) is 4.19. The molecule has 4 rings (SSSR count). The van der Waals surface area contributed by atoms with Gasteiger partial charge in [0.15, 0.2) is 0 Å². The molecule has 1 aromatic carbocycles. The Balaban J connectivity index is 1.28. The van der Waals surface area contributed by atoms with Gasteiger partial charge in [0.2, 0.25) is 17.6 Å². The highest BCUT2D eigenvalue weighted by Crippen LogP contribution is 2.17. The highest BCUT2D eigenvalue weighted by molar-refractivity contribution is 5.76. The number of benzene rings is 1. The number of carbonyl (C=O) groups is 1. The molecular formula is C21H23N5O2. The molecule has 0 unspecified atom stereocenters. The lowest BCUT2D eigenvalue weighted by Crippen LogP contribution is -2.49. The summed E-state index contributed by atoms with van der Waals surface area (Å²) in [7, 11) is 0. The lowest BCUT2D eigenvalue weighted by Gasteiger charge is -2.35. The van der Waals surface area contributed by atoms with E-state index in [4.69, 9.17) is 4.52 Å². The zero-order valence-electron chi connectivity index (χ0n) is 15.9. The van der Waals surface area contributed by atoms with E-state index in [9.17, 15) is 4.79 Å². The average Bonchev–Trinajstić information content (AvgIpc) is 3.22. The van der Waals surface area contributed by atoms with Crippen LogP contribution in [0.3, 0.4) is 0 Å². The summed E-state index contributed by atoms with van der Waals surface area (Å²) >= 11 is 0. The van der Waals surface area contributed by atoms with Crippen molar-refractivity contribution in [3.63, 3.8) is 0 Å². The van der Waals surface area contributed by atoms with Crippen LogP contribution >= 0.6 is 0 Å². The number of anilines is 1. The van der Waals surface area contributed by atoms with Crippen molar-refractivity contribution in [2.24, 2.45) is 0 Å². The molecule has 0 spiro atoms. The van der Waals surface area contributed by atoms with E-state index < -0.39 is 0 Å². The van der Waals surface area contributed by atoms with Crippen LogP contribution in [-0.2, 0) is 11.2 Å². The van der Waals surface area contributed by atoms with Gasteiger partial charge in [-0.1, -0.05) is 41.1 Å². The Hall–Kier alpha value is -3.22. The van der Waals surface area contributed by atoms with Gasteiger partial charge in [-0.05, 0) is 19.1 Å². The average molecular weight is 377 g/mol. The minimum absolute atomic E-state index is 0.121. The van der Waals surface area contributed by atoms with E-state index >= 15 is 0 Å². The SMILES string of the molecule is Cc1ccc(-c2noc(CCC(=O)N3CCN(c4ccccn4)CC3)n2)cc1. The molecule has 0 N–H and O–H groups in total. The van der Waals surface area contributed by atoms with Crippen molar-refractivity contribution in [1.82, 2.24) is 20.0 Å². The van der Waals surface area contributed by atoms with Crippen molar-refractivity contribution in [2.45, 2.75) is 19.8 Å². The maximum Gasteiger partial charge on any atom is 0.227 e. The minimum atomic E-state index is 0.121. The predicted molar refractivity (Wildman–Crippen MR) is 106 cm³/mol. The Morgan fingerprint density at radius 1 is 1.07 bits per heavy atom. The lowest BCUT2D eigenvalue weighted by molar-refractivity contribution is -0.131. The first kappa shape index (κ1) is 18.2. The van der Waals surface area contributed by atoms with Gasteiger partial charge in [-0.3, -0.25) is 4.79 Å². The summed E-state index contributed by atoms with van der Waals surface area (Å²) in [5.41, 5.74) is 2.10. The normalized spacial score (nSPS) is 14.3. The maximum atomic E-state index is 12.5. The molecule has 1 aliphatic rings. The number of piperazine rings is 1. The van der Waals surface area contributed by atoms with Crippen LogP contribution in [0.4, 0.5) is 5.82 Å². The minimum Gasteiger partial charge on any atom is -0.353 e. The zero-order chi connectivity index (χ0) is 19.3. The number of hydrogen-bond donors (Lipinski definition) is 0. The van der Waals surface area contributed by atoms with Crippen LogP contribution in [0, 0.1) is 6.92 Å². The molecule has 28 heavy (non-hydrogen) atoms. The van der Waals surface area contributed by atoms with Crippen LogP contribution < -0.4 is 4.90 Å². The van der Waals surface area contributed by atoms with Crippen LogP contribution in [0.15, 0.2) is 53.2 Å². The third-order valence-corrected chi connectivity index (χ3v) is 4.94. The van der Waals surface area contributed by atoms with E-state index in [1.807, 2.05) is 54.3 Å². The van der Waals surface area contributed by atoms with Crippen LogP contribution in [0.2, 0.25) is 0 Å². The summed E-state index contributed by atoms with van der Waals surface area (Å²) in [4.78, 5) is 25.4. The molecule has 2 aromatic heterocycles. The standard InChI is InChI=1S/C21H23N5O2/c1-16-5-7-17(8-6-16)21-23-19(28-24-21)9-10-20(27)26-14-12-25(13-15-26)18-4-2-3-11-22-18/h2-8,11H,9-10,12-15H2,1H3. The highest BCUT2D eigenvalue weighted by atomic mass is 16.5. The topological polar surface area (TPSA) is 75.4 Å². The summed E-state index contributed by atoms with van der Waals surface area (Å²) in [6, 6.07) is 13.9. The number of carbonyl (C=O) groups excluding carboxylic acids is 1. The van der Waals surface area contributed by atoms with Gasteiger partial charge in [0.1, 0.15) is 5.82 Å². The molecule has 144 valence electrons. The van der Waals surface area contributed by atoms with Crippen LogP contribution in [0.1, 0.15) is 17.9 Å². The first-order valence-corrected chi connectivity index (χ1v) is 9.52. The van der Waals surface area contributed by atoms with Crippen molar-refractivity contribution in [2.75, 3.05) is 31.1 Å². The fraction of sp³-hybridized carbons (Fsp3) is 0.333. The van der Waals surface area contributed by atoms with Gasteiger partial charge in [0, 0.05) is 50.8 Å². The van der Waals surface area contributed by atoms with E-state index in [2.05, 4.69) is 20.0 Å². The van der Waals surface area contributed by atoms with Crippen molar-refractivity contribution in [3.8, 4) is 11.4 Å². The molecule has 1 amide bonds. The number of pyridine rings is 1. The van der Waals surface area contributed by atoms with Gasteiger partial charge in [-0.25, -0.2) is 4.98 Å². The summed E-state index contributed by atoms with van der Waals surface area (Å²) in [5, 5.41) is 4.03. The van der Waals surface area contributed by atoms with Crippen molar-refractivity contribution in [1.29, 1.82) is 0 Å². The molecule has 7 heteroatoms. The summed E-state index contributed by atoms with van der Waals surface area (Å²) in [6.45, 7) is 5.02. The number of nitrogens with zero attached hydrogens (tertiary/aromatic N) is 5. The van der Waals surface area contributed by atoms with E-state index in [0.717, 1.165) is 24.5 Å². The second-order valence-corrected chi connectivity index (χ2v) is 6.93. The summed E-state index contributed by atoms with van der Waals surface area (Å²) in [6.07, 6.45) is 2.62. The van der Waals surface area contributed by atoms with E-state index in [1.165, 1.54) is 5.56 Å². The van der Waals surface area contributed by atoms with Gasteiger partial charge in [0.25, 0.3) is 0 Å². The van der Waals surface area contributed by atoms with E-state index in [-0.39, 0.29) is 5.91 Å². The second kappa shape index (κ2) is 8.21. The number of hydrogen-bond acceptors (Lipinski definition) is 6. The van der Waals surface area contributed by atoms with Crippen LogP contribution in [0.25, 0.3) is 11.4 Å². The smallest absolute Gasteiger partial charge is 0.227 e. The molecule has 3 heterocycles. The fourth-order valence-corrected chi connectivity index (χ4v) is 3.27. The van der Waals surface area contributed by atoms with Gasteiger partial charge < -0.3 is 14.3 Å². The Kier molecular flexibility index (Phi) is 5.32. The molecule has 3 aromatic rings. The Bertz CT molecular complexity index is 915. The maximum absolute atomic E-state index is 12.5. The first-order valence-electron chi connectivity index (χ1n) is 9.52. The molecule has 0 radical (unpaired) electrons. The monoisotopic (exact) mass is 377 g/mol. The Labute approximate surface area is 164 Å². The fourth-order valence-electron chi connectivity index (χ4n) is 3.27. The van der Waals surface area contributed by atoms with E-state index in [1.54, 1.807) is 6.20 Å². The molecule has 7 nitrogen and oxygen atoms in total. The number of aromatic nitrogens is 3. The van der Waals surface area contributed by atoms with Gasteiger partial charge in [-0.15, -0.1) is 0 Å². The Morgan fingerprint density at radius 2 is 1.86 bits per heavy atom. The van der Waals surface area contributed by atoms with Crippen LogP contribution in [0.5, 0.6) is 0 Å². The van der Waals surface area contributed by atoms with Gasteiger partial charge in [0.05, 0.1) is 0 Å². The quantitative estimate of drug-likeness (QED) is 0.681. The van der Waals surface area contributed by atoms with Gasteiger partial charge in [-0.2, -0.15) is 4.98 Å². The molecule has 1 saturated heterocycles. The summed E-state index contributed by atoms with van der Waals surface area (Å²) in [5.74, 6) is 2.14. The number of rotatable bonds is 5. The van der Waals surface area contributed by atoms with E-state index in [0.29, 0.717) is 37.6 Å². The van der Waals surface area contributed by atoms with Crippen LogP contribution in [-0.4, -0.2) is 52.1 Å². The molecule has 0 aliphatic carbocycles. The molecular weight excluding hydrogens is 354 g/mol. The van der Waals surface area contributed by atoms with Crippen molar-refractivity contribution in [3.05, 3.63) is 60.1 Å². The van der Waals surface area contributed by atoms with Gasteiger partial charge >= 0.3 is 0 Å². The molecule has 0 atom stereocenters. The Morgan fingerprint density at radius 3 is 2.57 bits per heavy atom. The molecule has 1 fully saturated rings. The van der Waals surface area contributed by atoms with Crippen molar-refractivity contribution < 1.29 is 9.32 Å². The number of amides is 1.